The Kier molecular flexibility index (Phi) is 5.73. The molecule has 0 unspecified atom stereocenters. The van der Waals surface area contributed by atoms with Crippen molar-refractivity contribution in [2.24, 2.45) is 5.92 Å². The molecule has 2 aromatic carbocycles. The molecule has 0 aliphatic carbocycles. The highest BCUT2D eigenvalue weighted by atomic mass is 35.5. The van der Waals surface area contributed by atoms with E-state index in [1.807, 2.05) is 0 Å². The first-order chi connectivity index (χ1) is 13.5. The minimum Gasteiger partial charge on any atom is -0.296 e. The maximum atomic E-state index is 13.3. The molecule has 0 bridgehead atoms. The van der Waals surface area contributed by atoms with E-state index in [1.165, 1.54) is 35.4 Å². The summed E-state index contributed by atoms with van der Waals surface area (Å²) in [6.45, 7) is 2.56. The summed E-state index contributed by atoms with van der Waals surface area (Å²) >= 11 is 0. The van der Waals surface area contributed by atoms with Gasteiger partial charge >= 0.3 is 0 Å². The van der Waals surface area contributed by atoms with Gasteiger partial charge in [0.15, 0.2) is 0 Å². The number of benzene rings is 2. The van der Waals surface area contributed by atoms with Gasteiger partial charge in [-0.2, -0.15) is 4.31 Å². The summed E-state index contributed by atoms with van der Waals surface area (Å²) in [6.07, 6.45) is 3.87. The highest BCUT2D eigenvalue weighted by Gasteiger charge is 2.46. The van der Waals surface area contributed by atoms with Crippen molar-refractivity contribution in [3.8, 4) is 0 Å². The van der Waals surface area contributed by atoms with Gasteiger partial charge in [0.1, 0.15) is 5.82 Å². The highest BCUT2D eigenvalue weighted by molar-refractivity contribution is 7.89. The Bertz CT molecular complexity index is 983. The van der Waals surface area contributed by atoms with E-state index < -0.39 is 15.8 Å². The SMILES string of the molecule is Cl.O=S(=O)(c1ccc(F)cc1)N1CCC[C@@H]2CN3CCc4ccccc4[C@@H]3C[C@@H]21. The van der Waals surface area contributed by atoms with E-state index in [9.17, 15) is 12.8 Å². The van der Waals surface area contributed by atoms with Crippen molar-refractivity contribution in [2.75, 3.05) is 19.6 Å². The fourth-order valence-corrected chi connectivity index (χ4v) is 7.13. The van der Waals surface area contributed by atoms with Crippen molar-refractivity contribution >= 4 is 22.4 Å². The van der Waals surface area contributed by atoms with Gasteiger partial charge in [0, 0.05) is 31.7 Å². The fourth-order valence-electron chi connectivity index (χ4n) is 5.39. The predicted octanol–water partition coefficient (Wildman–Crippen LogP) is 4.02. The summed E-state index contributed by atoms with van der Waals surface area (Å²) in [7, 11) is -3.62. The maximum absolute atomic E-state index is 13.3. The molecule has 0 aromatic heterocycles. The van der Waals surface area contributed by atoms with Crippen molar-refractivity contribution in [1.29, 1.82) is 0 Å². The number of hydrogen-bond acceptors (Lipinski definition) is 3. The monoisotopic (exact) mass is 436 g/mol. The summed E-state index contributed by atoms with van der Waals surface area (Å²) in [5.41, 5.74) is 2.75. The second-order valence-electron chi connectivity index (χ2n) is 8.23. The Balaban J connectivity index is 0.00000205. The number of nitrogens with zero attached hydrogens (tertiary/aromatic N) is 2. The van der Waals surface area contributed by atoms with E-state index in [0.29, 0.717) is 12.5 Å². The number of hydrogen-bond donors (Lipinski definition) is 0. The zero-order valence-electron chi connectivity index (χ0n) is 16.2. The quantitative estimate of drug-likeness (QED) is 0.713. The Morgan fingerprint density at radius 2 is 1.76 bits per heavy atom. The van der Waals surface area contributed by atoms with Gasteiger partial charge in [0.25, 0.3) is 0 Å². The van der Waals surface area contributed by atoms with E-state index in [-0.39, 0.29) is 29.4 Å². The Morgan fingerprint density at radius 1 is 1.00 bits per heavy atom. The minimum absolute atomic E-state index is 0. The van der Waals surface area contributed by atoms with Crippen molar-refractivity contribution in [3.63, 3.8) is 0 Å². The van der Waals surface area contributed by atoms with Crippen LogP contribution in [0, 0.1) is 11.7 Å². The summed E-state index contributed by atoms with van der Waals surface area (Å²) in [6, 6.07) is 14.1. The molecule has 0 radical (unpaired) electrons. The lowest BCUT2D eigenvalue weighted by Gasteiger charge is -2.51. The molecule has 2 fully saturated rings. The van der Waals surface area contributed by atoms with E-state index in [4.69, 9.17) is 0 Å². The van der Waals surface area contributed by atoms with Crippen LogP contribution in [0.25, 0.3) is 0 Å². The number of sulfonamides is 1. The predicted molar refractivity (Wildman–Crippen MR) is 113 cm³/mol. The first-order valence-corrected chi connectivity index (χ1v) is 11.6. The molecule has 3 heterocycles. The van der Waals surface area contributed by atoms with Crippen molar-refractivity contribution in [3.05, 3.63) is 65.5 Å². The molecule has 3 aliphatic rings. The lowest BCUT2D eigenvalue weighted by Crippen LogP contribution is -2.57. The molecule has 7 heteroatoms. The lowest BCUT2D eigenvalue weighted by molar-refractivity contribution is 0.0220. The Hall–Kier alpha value is -1.47. The second-order valence-corrected chi connectivity index (χ2v) is 10.1. The Labute approximate surface area is 178 Å². The number of rotatable bonds is 2. The number of piperidine rings is 2. The van der Waals surface area contributed by atoms with Crippen LogP contribution in [0.4, 0.5) is 4.39 Å². The lowest BCUT2D eigenvalue weighted by atomic mass is 9.77. The van der Waals surface area contributed by atoms with Crippen molar-refractivity contribution in [1.82, 2.24) is 9.21 Å². The van der Waals surface area contributed by atoms with Gasteiger partial charge in [0.2, 0.25) is 10.0 Å². The van der Waals surface area contributed by atoms with E-state index >= 15 is 0 Å². The first kappa shape index (κ1) is 20.8. The summed E-state index contributed by atoms with van der Waals surface area (Å²) in [5, 5.41) is 0. The molecule has 156 valence electrons. The average Bonchev–Trinajstić information content (AvgIpc) is 2.72. The molecule has 4 nitrogen and oxygen atoms in total. The standard InChI is InChI=1S/C22H25FN2O2S.ClH/c23-18-7-9-19(10-8-18)28(26,27)25-12-3-5-17-15-24-13-11-16-4-1-2-6-20(16)22(24)14-21(17)25;/h1-2,4,6-10,17,21-22H,3,5,11-15H2;1H/t17-,21+,22+;/m1./s1. The molecule has 0 saturated carbocycles. The normalized spacial score (nSPS) is 27.3. The zero-order chi connectivity index (χ0) is 19.3. The third-order valence-corrected chi connectivity index (χ3v) is 8.68. The van der Waals surface area contributed by atoms with Crippen molar-refractivity contribution < 1.29 is 12.8 Å². The minimum atomic E-state index is -3.62. The van der Waals surface area contributed by atoms with Gasteiger partial charge in [-0.1, -0.05) is 24.3 Å². The summed E-state index contributed by atoms with van der Waals surface area (Å²) in [4.78, 5) is 2.75. The molecule has 0 amide bonds. The number of halogens is 2. The third kappa shape index (κ3) is 3.61. The van der Waals surface area contributed by atoms with Crippen LogP contribution in [-0.2, 0) is 16.4 Å². The molecule has 0 spiro atoms. The van der Waals surface area contributed by atoms with Gasteiger partial charge in [-0.25, -0.2) is 12.8 Å². The van der Waals surface area contributed by atoms with Gasteiger partial charge in [-0.15, -0.1) is 12.4 Å². The highest BCUT2D eigenvalue weighted by Crippen LogP contribution is 2.44. The van der Waals surface area contributed by atoms with Gasteiger partial charge in [-0.05, 0) is 67.0 Å². The molecular formula is C22H26ClFN2O2S. The maximum Gasteiger partial charge on any atom is 0.243 e. The summed E-state index contributed by atoms with van der Waals surface area (Å²) in [5.74, 6) is -0.0481. The smallest absolute Gasteiger partial charge is 0.243 e. The zero-order valence-corrected chi connectivity index (χ0v) is 17.8. The topological polar surface area (TPSA) is 40.6 Å². The van der Waals surface area contributed by atoms with Crippen molar-refractivity contribution in [2.45, 2.75) is 42.7 Å². The van der Waals surface area contributed by atoms with Crippen LogP contribution < -0.4 is 0 Å². The second kappa shape index (κ2) is 7.99. The van der Waals surface area contributed by atoms with E-state index in [1.54, 1.807) is 4.31 Å². The molecule has 5 rings (SSSR count). The number of fused-ring (bicyclic) bond motifs is 4. The van der Waals surface area contributed by atoms with Crippen LogP contribution in [0.15, 0.2) is 53.4 Å². The summed E-state index contributed by atoms with van der Waals surface area (Å²) < 4.78 is 41.7. The molecule has 2 aromatic rings. The van der Waals surface area contributed by atoms with Gasteiger partial charge in [0.05, 0.1) is 4.90 Å². The first-order valence-electron chi connectivity index (χ1n) is 10.1. The van der Waals surface area contributed by atoms with E-state index in [0.717, 1.165) is 38.8 Å². The molecule has 0 N–H and O–H groups in total. The van der Waals surface area contributed by atoms with Crippen LogP contribution in [0.1, 0.15) is 36.4 Å². The van der Waals surface area contributed by atoms with E-state index in [2.05, 4.69) is 29.2 Å². The fraction of sp³-hybridized carbons (Fsp3) is 0.455. The Morgan fingerprint density at radius 3 is 2.55 bits per heavy atom. The average molecular weight is 437 g/mol. The largest absolute Gasteiger partial charge is 0.296 e. The molecular weight excluding hydrogens is 411 g/mol. The third-order valence-electron chi connectivity index (χ3n) is 6.74. The molecule has 3 atom stereocenters. The van der Waals surface area contributed by atoms with Gasteiger partial charge in [-0.3, -0.25) is 4.90 Å². The van der Waals surface area contributed by atoms with Gasteiger partial charge < -0.3 is 0 Å². The molecule has 3 aliphatic heterocycles. The van der Waals surface area contributed by atoms with Crippen LogP contribution in [-0.4, -0.2) is 43.3 Å². The van der Waals surface area contributed by atoms with Crippen LogP contribution >= 0.6 is 12.4 Å². The molecule has 29 heavy (non-hydrogen) atoms. The molecule has 2 saturated heterocycles. The van der Waals surface area contributed by atoms with Crippen LogP contribution in [0.2, 0.25) is 0 Å². The van der Waals surface area contributed by atoms with Crippen LogP contribution in [0.5, 0.6) is 0 Å². The van der Waals surface area contributed by atoms with Crippen LogP contribution in [0.3, 0.4) is 0 Å².